The number of aliphatic carboxylic acids is 1. The number of rotatable bonds is 1. The zero-order chi connectivity index (χ0) is 9.15. The predicted octanol–water partition coefficient (Wildman–Crippen LogP) is 1.06. The highest BCUT2D eigenvalue weighted by atomic mass is 16.4. The molecule has 1 unspecified atom stereocenters. The largest absolute Gasteiger partial charge is 0.479 e. The number of carbonyl (C=O) groups is 1. The van der Waals surface area contributed by atoms with Crippen molar-refractivity contribution in [1.82, 2.24) is 0 Å². The van der Waals surface area contributed by atoms with Crippen LogP contribution in [-0.4, -0.2) is 22.3 Å². The van der Waals surface area contributed by atoms with Gasteiger partial charge in [-0.3, -0.25) is 0 Å². The van der Waals surface area contributed by atoms with Gasteiger partial charge in [0, 0.05) is 0 Å². The van der Waals surface area contributed by atoms with E-state index in [1.165, 1.54) is 6.92 Å². The predicted molar refractivity (Wildman–Crippen MR) is 41.8 cm³/mol. The molecule has 0 aromatic heterocycles. The minimum atomic E-state index is -1.23. The van der Waals surface area contributed by atoms with Gasteiger partial charge < -0.3 is 10.2 Å². The van der Waals surface area contributed by atoms with Crippen LogP contribution in [0.25, 0.3) is 0 Å². The molecule has 0 saturated carbocycles. The van der Waals surface area contributed by atoms with Crippen LogP contribution in [0.15, 0.2) is 26.3 Å². The summed E-state index contributed by atoms with van der Waals surface area (Å²) in [6.07, 6.45) is -1.23. The van der Waals surface area contributed by atoms with E-state index < -0.39 is 12.1 Å². The van der Waals surface area contributed by atoms with Gasteiger partial charge in [-0.2, -0.15) is 0 Å². The van der Waals surface area contributed by atoms with E-state index in [0.717, 1.165) is 0 Å². The van der Waals surface area contributed by atoms with Crippen molar-refractivity contribution in [2.75, 3.05) is 0 Å². The smallest absolute Gasteiger partial charge is 0.332 e. The van der Waals surface area contributed by atoms with Crippen LogP contribution in [0.5, 0.6) is 0 Å². The van der Waals surface area contributed by atoms with E-state index in [-0.39, 0.29) is 0 Å². The molecule has 0 heterocycles. The third-order valence-electron chi connectivity index (χ3n) is 0.357. The summed E-state index contributed by atoms with van der Waals surface area (Å²) in [5.41, 5.74) is 0. The highest BCUT2D eigenvalue weighted by Gasteiger charge is 2.01. The van der Waals surface area contributed by atoms with Gasteiger partial charge in [0.1, 0.15) is 6.10 Å². The maximum absolute atomic E-state index is 9.45. The van der Waals surface area contributed by atoms with Gasteiger partial charge in [0.2, 0.25) is 0 Å². The lowest BCUT2D eigenvalue weighted by atomic mass is 10.4. The Morgan fingerprint density at radius 3 is 1.40 bits per heavy atom. The van der Waals surface area contributed by atoms with Crippen molar-refractivity contribution >= 4 is 5.97 Å². The molecule has 3 heteroatoms. The molecule has 1 atom stereocenters. The van der Waals surface area contributed by atoms with Crippen LogP contribution in [0.3, 0.4) is 0 Å². The molecule has 0 fully saturated rings. The van der Waals surface area contributed by atoms with Crippen molar-refractivity contribution in [2.45, 2.75) is 13.0 Å². The molecule has 10 heavy (non-hydrogen) atoms. The summed E-state index contributed by atoms with van der Waals surface area (Å²) in [6, 6.07) is 0. The zero-order valence-corrected chi connectivity index (χ0v) is 6.21. The molecule has 3 nitrogen and oxygen atoms in total. The first kappa shape index (κ1) is 16.0. The first-order chi connectivity index (χ1) is 4.64. The summed E-state index contributed by atoms with van der Waals surface area (Å²) in [6.45, 7) is 13.2. The van der Waals surface area contributed by atoms with Crippen molar-refractivity contribution in [3.8, 4) is 0 Å². The van der Waals surface area contributed by atoms with Crippen molar-refractivity contribution in [2.24, 2.45) is 0 Å². The molecular weight excluding hydrogens is 132 g/mol. The lowest BCUT2D eigenvalue weighted by Gasteiger charge is -1.89. The Bertz CT molecular complexity index is 76.9. The topological polar surface area (TPSA) is 57.5 Å². The third kappa shape index (κ3) is 28.5. The van der Waals surface area contributed by atoms with Crippen LogP contribution in [-0.2, 0) is 4.79 Å². The Morgan fingerprint density at radius 1 is 1.30 bits per heavy atom. The Morgan fingerprint density at radius 2 is 1.40 bits per heavy atom. The highest BCUT2D eigenvalue weighted by Crippen LogP contribution is 1.73. The van der Waals surface area contributed by atoms with Gasteiger partial charge in [-0.05, 0) is 6.92 Å². The quantitative estimate of drug-likeness (QED) is 0.544. The minimum absolute atomic E-state index is 1.19. The molecule has 0 amide bonds. The van der Waals surface area contributed by atoms with Crippen LogP contribution in [0.4, 0.5) is 0 Å². The number of carboxylic acids is 1. The molecule has 60 valence electrons. The van der Waals surface area contributed by atoms with Crippen molar-refractivity contribution < 1.29 is 15.0 Å². The first-order valence-corrected chi connectivity index (χ1v) is 2.55. The van der Waals surface area contributed by atoms with Crippen LogP contribution < -0.4 is 0 Å². The van der Waals surface area contributed by atoms with Gasteiger partial charge in [-0.25, -0.2) is 4.79 Å². The molecule has 0 radical (unpaired) electrons. The summed E-state index contributed by atoms with van der Waals surface area (Å²) in [5, 5.41) is 15.8. The molecule has 0 aliphatic rings. The number of hydrogen-bond acceptors (Lipinski definition) is 2. The Labute approximate surface area is 61.3 Å². The summed E-state index contributed by atoms with van der Waals surface area (Å²) in [4.78, 5) is 9.45. The second-order valence-electron chi connectivity index (χ2n) is 1.01. The molecule has 0 rings (SSSR count). The average Bonchev–Trinajstić information content (AvgIpc) is 1.96. The molecule has 0 aromatic carbocycles. The van der Waals surface area contributed by atoms with Crippen LogP contribution in [0, 0.1) is 0 Å². The third-order valence-corrected chi connectivity index (χ3v) is 0.357. The minimum Gasteiger partial charge on any atom is -0.479 e. The number of aliphatic hydroxyl groups excluding tert-OH is 1. The molecule has 0 aliphatic heterocycles. The van der Waals surface area contributed by atoms with Crippen molar-refractivity contribution in [3.05, 3.63) is 26.3 Å². The Balaban J connectivity index is -0.000000105. The second-order valence-corrected chi connectivity index (χ2v) is 1.01. The SMILES string of the molecule is C=C.C=C.CC(O)C(=O)O. The van der Waals surface area contributed by atoms with E-state index in [4.69, 9.17) is 10.2 Å². The maximum Gasteiger partial charge on any atom is 0.332 e. The van der Waals surface area contributed by atoms with E-state index in [2.05, 4.69) is 26.3 Å². The molecule has 0 saturated heterocycles. The fraction of sp³-hybridized carbons (Fsp3) is 0.286. The van der Waals surface area contributed by atoms with Crippen LogP contribution in [0.2, 0.25) is 0 Å². The molecule has 0 bridgehead atoms. The van der Waals surface area contributed by atoms with Crippen molar-refractivity contribution in [3.63, 3.8) is 0 Å². The van der Waals surface area contributed by atoms with Gasteiger partial charge in [0.15, 0.2) is 0 Å². The van der Waals surface area contributed by atoms with E-state index in [9.17, 15) is 4.79 Å². The average molecular weight is 146 g/mol. The lowest BCUT2D eigenvalue weighted by molar-refractivity contribution is -0.145. The van der Waals surface area contributed by atoms with Crippen molar-refractivity contribution in [1.29, 1.82) is 0 Å². The highest BCUT2D eigenvalue weighted by molar-refractivity contribution is 5.71. The standard InChI is InChI=1S/C3H6O3.2C2H4/c1-2(4)3(5)6;2*1-2/h2,4H,1H3,(H,5,6);2*1-2H2. The summed E-state index contributed by atoms with van der Waals surface area (Å²) in [7, 11) is 0. The molecule has 0 aliphatic carbocycles. The van der Waals surface area contributed by atoms with Crippen LogP contribution in [0.1, 0.15) is 6.92 Å². The molecule has 0 aromatic rings. The van der Waals surface area contributed by atoms with E-state index in [0.29, 0.717) is 0 Å². The number of aliphatic hydroxyl groups is 1. The maximum atomic E-state index is 9.45. The van der Waals surface area contributed by atoms with Gasteiger partial charge in [0.25, 0.3) is 0 Å². The van der Waals surface area contributed by atoms with E-state index >= 15 is 0 Å². The molecular formula is C7H14O3. The number of hydrogen-bond donors (Lipinski definition) is 2. The lowest BCUT2D eigenvalue weighted by Crippen LogP contribution is -2.13. The second kappa shape index (κ2) is 15.7. The summed E-state index contributed by atoms with van der Waals surface area (Å²) < 4.78 is 0. The van der Waals surface area contributed by atoms with Gasteiger partial charge >= 0.3 is 5.97 Å². The van der Waals surface area contributed by atoms with E-state index in [1.807, 2.05) is 0 Å². The normalized spacial score (nSPS) is 9.00. The summed E-state index contributed by atoms with van der Waals surface area (Å²) >= 11 is 0. The fourth-order valence-electron chi connectivity index (χ4n) is 0. The Kier molecular flexibility index (Phi) is 25.0. The Hall–Kier alpha value is -1.09. The number of carboxylic acid groups (broad SMARTS) is 1. The summed E-state index contributed by atoms with van der Waals surface area (Å²) in [5.74, 6) is -1.19. The first-order valence-electron chi connectivity index (χ1n) is 2.55. The van der Waals surface area contributed by atoms with E-state index in [1.54, 1.807) is 0 Å². The van der Waals surface area contributed by atoms with Crippen LogP contribution >= 0.6 is 0 Å². The molecule has 0 spiro atoms. The fourth-order valence-corrected chi connectivity index (χ4v) is 0. The van der Waals surface area contributed by atoms with Gasteiger partial charge in [0.05, 0.1) is 0 Å². The van der Waals surface area contributed by atoms with Gasteiger partial charge in [-0.15, -0.1) is 26.3 Å². The monoisotopic (exact) mass is 146 g/mol. The van der Waals surface area contributed by atoms with Gasteiger partial charge in [-0.1, -0.05) is 0 Å². The molecule has 2 N–H and O–H groups in total. The zero-order valence-electron chi connectivity index (χ0n) is 6.21.